The van der Waals surface area contributed by atoms with Gasteiger partial charge in [0.15, 0.2) is 34.8 Å². The van der Waals surface area contributed by atoms with Crippen LogP contribution < -0.4 is 14.2 Å². The van der Waals surface area contributed by atoms with E-state index in [0.717, 1.165) is 12.1 Å². The zero-order valence-electron chi connectivity index (χ0n) is 12.4. The van der Waals surface area contributed by atoms with E-state index in [9.17, 15) is 26.0 Å². The molecule has 10 heteroatoms. The highest BCUT2D eigenvalue weighted by Crippen LogP contribution is 2.31. The first-order valence-corrected chi connectivity index (χ1v) is 7.77. The minimum Gasteiger partial charge on any atom is -0.493 e. The number of anilines is 1. The fraction of sp³-hybridized carbons (Fsp3) is 0.143. The second kappa shape index (κ2) is 6.56. The summed E-state index contributed by atoms with van der Waals surface area (Å²) in [4.78, 5) is -0.455. The molecule has 0 aliphatic carbocycles. The molecule has 0 spiro atoms. The SMILES string of the molecule is COc1ccc(S(=O)(=O)Nc2c(F)c(F)cc(F)c2F)cc1OC. The zero-order valence-corrected chi connectivity index (χ0v) is 13.2. The molecular weight excluding hydrogens is 354 g/mol. The van der Waals surface area contributed by atoms with Gasteiger partial charge in [-0.3, -0.25) is 4.72 Å². The number of methoxy groups -OCH3 is 2. The number of hydrogen-bond acceptors (Lipinski definition) is 4. The van der Waals surface area contributed by atoms with Crippen molar-refractivity contribution in [1.82, 2.24) is 0 Å². The second-order valence-corrected chi connectivity index (χ2v) is 6.15. The predicted molar refractivity (Wildman–Crippen MR) is 76.6 cm³/mol. The van der Waals surface area contributed by atoms with Crippen LogP contribution in [-0.4, -0.2) is 22.6 Å². The molecule has 0 aliphatic rings. The summed E-state index contributed by atoms with van der Waals surface area (Å²) in [7, 11) is -1.97. The van der Waals surface area contributed by atoms with Crippen LogP contribution in [0.25, 0.3) is 0 Å². The van der Waals surface area contributed by atoms with Crippen LogP contribution in [0.3, 0.4) is 0 Å². The van der Waals surface area contributed by atoms with Crippen LogP contribution in [0.2, 0.25) is 0 Å². The van der Waals surface area contributed by atoms with Crippen LogP contribution in [0, 0.1) is 23.3 Å². The molecule has 1 N–H and O–H groups in total. The Labute approximate surface area is 134 Å². The van der Waals surface area contributed by atoms with E-state index in [2.05, 4.69) is 0 Å². The molecule has 0 amide bonds. The van der Waals surface area contributed by atoms with E-state index in [1.54, 1.807) is 0 Å². The number of rotatable bonds is 5. The van der Waals surface area contributed by atoms with Gasteiger partial charge in [0.2, 0.25) is 0 Å². The highest BCUT2D eigenvalue weighted by Gasteiger charge is 2.25. The number of nitrogens with one attached hydrogen (secondary N) is 1. The van der Waals surface area contributed by atoms with Crippen molar-refractivity contribution >= 4 is 15.7 Å². The summed E-state index contributed by atoms with van der Waals surface area (Å²) in [5.41, 5.74) is -1.46. The Morgan fingerprint density at radius 3 is 1.92 bits per heavy atom. The molecule has 0 fully saturated rings. The highest BCUT2D eigenvalue weighted by molar-refractivity contribution is 7.92. The average Bonchev–Trinajstić information content (AvgIpc) is 2.56. The fourth-order valence-corrected chi connectivity index (χ4v) is 2.91. The quantitative estimate of drug-likeness (QED) is 0.653. The summed E-state index contributed by atoms with van der Waals surface area (Å²) in [5.74, 6) is -6.95. The normalized spacial score (nSPS) is 11.2. The number of hydrogen-bond donors (Lipinski definition) is 1. The smallest absolute Gasteiger partial charge is 0.262 e. The van der Waals surface area contributed by atoms with Gasteiger partial charge < -0.3 is 9.47 Å². The molecule has 2 aromatic carbocycles. The molecule has 2 aromatic rings. The summed E-state index contributed by atoms with van der Waals surface area (Å²) >= 11 is 0. The van der Waals surface area contributed by atoms with Gasteiger partial charge in [0.1, 0.15) is 5.69 Å². The third-order valence-corrected chi connectivity index (χ3v) is 4.36. The topological polar surface area (TPSA) is 64.6 Å². The number of benzene rings is 2. The van der Waals surface area contributed by atoms with E-state index in [-0.39, 0.29) is 17.6 Å². The van der Waals surface area contributed by atoms with Crippen molar-refractivity contribution in [3.05, 3.63) is 47.5 Å². The van der Waals surface area contributed by atoms with E-state index in [4.69, 9.17) is 9.47 Å². The monoisotopic (exact) mass is 365 g/mol. The molecule has 0 saturated carbocycles. The Hall–Kier alpha value is -2.49. The van der Waals surface area contributed by atoms with Crippen LogP contribution >= 0.6 is 0 Å². The van der Waals surface area contributed by atoms with Crippen LogP contribution in [0.4, 0.5) is 23.2 Å². The van der Waals surface area contributed by atoms with Gasteiger partial charge in [0.05, 0.1) is 19.1 Å². The van der Waals surface area contributed by atoms with Gasteiger partial charge in [-0.05, 0) is 12.1 Å². The summed E-state index contributed by atoms with van der Waals surface area (Å²) in [6.07, 6.45) is 0. The largest absolute Gasteiger partial charge is 0.493 e. The minimum atomic E-state index is -4.55. The first-order valence-electron chi connectivity index (χ1n) is 6.29. The average molecular weight is 365 g/mol. The van der Waals surface area contributed by atoms with Crippen molar-refractivity contribution < 1.29 is 35.5 Å². The molecule has 0 radical (unpaired) electrons. The lowest BCUT2D eigenvalue weighted by Gasteiger charge is -2.13. The molecule has 0 bridgehead atoms. The van der Waals surface area contributed by atoms with Crippen molar-refractivity contribution in [2.24, 2.45) is 0 Å². The Morgan fingerprint density at radius 2 is 1.42 bits per heavy atom. The molecule has 0 aromatic heterocycles. The molecular formula is C14H11F4NO4S. The van der Waals surface area contributed by atoms with Gasteiger partial charge in [0.25, 0.3) is 10.0 Å². The number of sulfonamides is 1. The molecule has 0 unspecified atom stereocenters. The summed E-state index contributed by atoms with van der Waals surface area (Å²) in [6, 6.07) is 3.30. The lowest BCUT2D eigenvalue weighted by Crippen LogP contribution is -2.16. The molecule has 130 valence electrons. The summed E-state index contributed by atoms with van der Waals surface area (Å²) in [5, 5.41) is 0. The van der Waals surface area contributed by atoms with E-state index in [0.29, 0.717) is 0 Å². The van der Waals surface area contributed by atoms with Gasteiger partial charge >= 0.3 is 0 Å². The van der Waals surface area contributed by atoms with E-state index < -0.39 is 43.9 Å². The van der Waals surface area contributed by atoms with Crippen molar-refractivity contribution in [3.8, 4) is 11.5 Å². The van der Waals surface area contributed by atoms with Crippen molar-refractivity contribution in [3.63, 3.8) is 0 Å². The zero-order chi connectivity index (χ0) is 18.1. The minimum absolute atomic E-state index is 0.0289. The van der Waals surface area contributed by atoms with E-state index in [1.165, 1.54) is 25.0 Å². The summed E-state index contributed by atoms with van der Waals surface area (Å²) < 4.78 is 89.3. The molecule has 24 heavy (non-hydrogen) atoms. The Balaban J connectivity index is 2.51. The van der Waals surface area contributed by atoms with Crippen molar-refractivity contribution in [2.75, 3.05) is 18.9 Å². The molecule has 0 heterocycles. The highest BCUT2D eigenvalue weighted by atomic mass is 32.2. The first kappa shape index (κ1) is 17.9. The Kier molecular flexibility index (Phi) is 4.88. The number of halogens is 4. The van der Waals surface area contributed by atoms with Gasteiger partial charge in [-0.25, -0.2) is 26.0 Å². The van der Waals surface area contributed by atoms with Gasteiger partial charge in [-0.15, -0.1) is 0 Å². The Bertz CT molecular complexity index is 861. The van der Waals surface area contributed by atoms with Crippen molar-refractivity contribution in [1.29, 1.82) is 0 Å². The summed E-state index contributed by atoms with van der Waals surface area (Å²) in [6.45, 7) is 0. The molecule has 5 nitrogen and oxygen atoms in total. The fourth-order valence-electron chi connectivity index (χ4n) is 1.84. The van der Waals surface area contributed by atoms with Crippen LogP contribution in [0.5, 0.6) is 11.5 Å². The van der Waals surface area contributed by atoms with Gasteiger partial charge in [-0.1, -0.05) is 0 Å². The number of ether oxygens (including phenoxy) is 2. The van der Waals surface area contributed by atoms with E-state index in [1.807, 2.05) is 0 Å². The molecule has 0 saturated heterocycles. The third-order valence-electron chi connectivity index (χ3n) is 3.01. The van der Waals surface area contributed by atoms with Gasteiger partial charge in [0, 0.05) is 12.1 Å². The van der Waals surface area contributed by atoms with Crippen LogP contribution in [-0.2, 0) is 10.0 Å². The first-order chi connectivity index (χ1) is 11.2. The second-order valence-electron chi connectivity index (χ2n) is 4.47. The maximum atomic E-state index is 13.6. The van der Waals surface area contributed by atoms with Gasteiger partial charge in [-0.2, -0.15) is 0 Å². The van der Waals surface area contributed by atoms with Crippen LogP contribution in [0.15, 0.2) is 29.2 Å². The molecule has 2 rings (SSSR count). The maximum absolute atomic E-state index is 13.6. The van der Waals surface area contributed by atoms with E-state index >= 15 is 0 Å². The van der Waals surface area contributed by atoms with Crippen LogP contribution in [0.1, 0.15) is 0 Å². The third kappa shape index (κ3) is 3.23. The lowest BCUT2D eigenvalue weighted by atomic mass is 10.3. The van der Waals surface area contributed by atoms with Crippen molar-refractivity contribution in [2.45, 2.75) is 4.90 Å². The lowest BCUT2D eigenvalue weighted by molar-refractivity contribution is 0.354. The molecule has 0 atom stereocenters. The predicted octanol–water partition coefficient (Wildman–Crippen LogP) is 3.06. The molecule has 0 aliphatic heterocycles. The Morgan fingerprint density at radius 1 is 0.875 bits per heavy atom. The standard InChI is InChI=1S/C14H11F4NO4S/c1-22-10-4-3-7(5-11(10)23-2)24(20,21)19-14-12(17)8(15)6-9(16)13(14)18/h3-6,19H,1-2H3. The maximum Gasteiger partial charge on any atom is 0.262 e.